The highest BCUT2D eigenvalue weighted by atomic mass is 35.5. The van der Waals surface area contributed by atoms with Crippen molar-refractivity contribution in [2.75, 3.05) is 6.54 Å². The van der Waals surface area contributed by atoms with Gasteiger partial charge in [-0.15, -0.1) is 0 Å². The van der Waals surface area contributed by atoms with Gasteiger partial charge in [0.2, 0.25) is 5.91 Å². The molecule has 3 N–H and O–H groups in total. The summed E-state index contributed by atoms with van der Waals surface area (Å²) in [6.07, 6.45) is 4.13. The van der Waals surface area contributed by atoms with Crippen LogP contribution >= 0.6 is 11.8 Å². The molecule has 0 aliphatic heterocycles. The molecule has 2 amide bonds. The number of primary amides is 1. The number of thioether (sulfide) groups is 1. The van der Waals surface area contributed by atoms with E-state index in [2.05, 4.69) is 5.32 Å². The molecule has 0 unspecified atom stereocenters. The number of amides is 2. The molecule has 0 saturated heterocycles. The Morgan fingerprint density at radius 3 is 2.40 bits per heavy atom. The van der Waals surface area contributed by atoms with E-state index in [9.17, 15) is 14.4 Å². The Morgan fingerprint density at radius 1 is 1.04 bits per heavy atom. The lowest BCUT2D eigenvalue weighted by Gasteiger charge is -2.08. The van der Waals surface area contributed by atoms with Crippen molar-refractivity contribution in [1.29, 1.82) is 0 Å². The quantitative estimate of drug-likeness (QED) is 0.426. The van der Waals surface area contributed by atoms with Crippen LogP contribution < -0.4 is 28.0 Å². The summed E-state index contributed by atoms with van der Waals surface area (Å²) in [4.78, 5) is 35.6. The van der Waals surface area contributed by atoms with Crippen LogP contribution in [0.3, 0.4) is 0 Å². The average Bonchev–Trinajstić information content (AvgIpc) is 2.59. The predicted molar refractivity (Wildman–Crippen MR) is 90.1 cm³/mol. The topological polar surface area (TPSA) is 93.1 Å². The highest BCUT2D eigenvalue weighted by Gasteiger charge is 2.15. The SMILES string of the molecule is NC(=O)CNC(=O)c1ccccc1SC(=O)CC[n+]1ccccc1.[Cl-]. The normalized spacial score (nSPS) is 9.76. The number of carbonyl (C=O) groups is 3. The first-order chi connectivity index (χ1) is 11.6. The molecule has 0 radical (unpaired) electrons. The Labute approximate surface area is 156 Å². The second kappa shape index (κ2) is 10.5. The summed E-state index contributed by atoms with van der Waals surface area (Å²) in [6.45, 7) is 0.332. The smallest absolute Gasteiger partial charge is 0.252 e. The molecule has 2 aromatic rings. The molecule has 0 aliphatic carbocycles. The van der Waals surface area contributed by atoms with Gasteiger partial charge in [-0.2, -0.15) is 0 Å². The van der Waals surface area contributed by atoms with Crippen molar-refractivity contribution >= 4 is 28.7 Å². The zero-order chi connectivity index (χ0) is 17.4. The molecule has 8 heteroatoms. The monoisotopic (exact) mass is 379 g/mol. The fourth-order valence-electron chi connectivity index (χ4n) is 1.98. The van der Waals surface area contributed by atoms with E-state index in [0.717, 1.165) is 11.8 Å². The van der Waals surface area contributed by atoms with Crippen molar-refractivity contribution in [2.45, 2.75) is 17.9 Å². The van der Waals surface area contributed by atoms with Crippen LogP contribution in [-0.2, 0) is 16.1 Å². The van der Waals surface area contributed by atoms with E-state index >= 15 is 0 Å². The van der Waals surface area contributed by atoms with Gasteiger partial charge in [0.1, 0.15) is 0 Å². The second-order valence-electron chi connectivity index (χ2n) is 4.98. The molecule has 0 aliphatic rings. The first-order valence-corrected chi connectivity index (χ1v) is 8.18. The zero-order valence-corrected chi connectivity index (χ0v) is 14.9. The number of nitrogens with two attached hydrogens (primary N) is 1. The van der Waals surface area contributed by atoms with E-state index in [1.165, 1.54) is 0 Å². The number of halogens is 1. The molecule has 132 valence electrons. The molecule has 0 atom stereocenters. The molecule has 2 rings (SSSR count). The van der Waals surface area contributed by atoms with Gasteiger partial charge in [-0.1, -0.05) is 30.0 Å². The number of pyridine rings is 1. The molecule has 0 fully saturated rings. The molecule has 25 heavy (non-hydrogen) atoms. The standard InChI is InChI=1S/C17H17N3O3S.ClH/c18-15(21)12-19-17(23)13-6-2-3-7-14(13)24-16(22)8-11-20-9-4-1-5-10-20;/h1-7,9-10H,8,11-12H2,(H2-,18,19,21,23);1H. The van der Waals surface area contributed by atoms with Crippen LogP contribution in [0.15, 0.2) is 59.8 Å². The maximum absolute atomic E-state index is 12.2. The molecule has 0 bridgehead atoms. The van der Waals surface area contributed by atoms with Crippen molar-refractivity contribution in [3.63, 3.8) is 0 Å². The summed E-state index contributed by atoms with van der Waals surface area (Å²) in [5.41, 5.74) is 5.37. The Hall–Kier alpha value is -2.38. The van der Waals surface area contributed by atoms with Crippen LogP contribution in [0.5, 0.6) is 0 Å². The van der Waals surface area contributed by atoms with Gasteiger partial charge in [-0.3, -0.25) is 14.4 Å². The van der Waals surface area contributed by atoms with Gasteiger partial charge in [0.25, 0.3) is 5.91 Å². The number of hydrogen-bond donors (Lipinski definition) is 2. The summed E-state index contributed by atoms with van der Waals surface area (Å²) in [5, 5.41) is 2.39. The minimum Gasteiger partial charge on any atom is -1.00 e. The average molecular weight is 380 g/mol. The first kappa shape index (κ1) is 20.7. The lowest BCUT2D eigenvalue weighted by atomic mass is 10.2. The summed E-state index contributed by atoms with van der Waals surface area (Å²) in [5.74, 6) is -1.05. The third-order valence-corrected chi connectivity index (χ3v) is 4.14. The van der Waals surface area contributed by atoms with Gasteiger partial charge in [-0.05, 0) is 12.1 Å². The number of hydrogen-bond acceptors (Lipinski definition) is 4. The Balaban J connectivity index is 0.00000312. The van der Waals surface area contributed by atoms with Gasteiger partial charge in [0.05, 0.1) is 18.5 Å². The second-order valence-corrected chi connectivity index (χ2v) is 6.08. The molecule has 6 nitrogen and oxygen atoms in total. The van der Waals surface area contributed by atoms with E-state index in [1.54, 1.807) is 24.3 Å². The van der Waals surface area contributed by atoms with E-state index < -0.39 is 11.8 Å². The van der Waals surface area contributed by atoms with Gasteiger partial charge in [0.15, 0.2) is 24.1 Å². The number of aromatic nitrogens is 1. The molecular weight excluding hydrogens is 362 g/mol. The fraction of sp³-hybridized carbons (Fsp3) is 0.176. The minimum absolute atomic E-state index is 0. The van der Waals surface area contributed by atoms with Gasteiger partial charge < -0.3 is 23.5 Å². The maximum atomic E-state index is 12.2. The van der Waals surface area contributed by atoms with Crippen LogP contribution in [0, 0.1) is 0 Å². The van der Waals surface area contributed by atoms with Crippen molar-refractivity contribution in [3.8, 4) is 0 Å². The fourth-order valence-corrected chi connectivity index (χ4v) is 2.84. The van der Waals surface area contributed by atoms with E-state index in [0.29, 0.717) is 23.4 Å². The Kier molecular flexibility index (Phi) is 8.66. The van der Waals surface area contributed by atoms with Crippen LogP contribution in [0.1, 0.15) is 16.8 Å². The van der Waals surface area contributed by atoms with Crippen molar-refractivity contribution in [3.05, 3.63) is 60.4 Å². The molecule has 0 saturated carbocycles. The minimum atomic E-state index is -0.621. The Morgan fingerprint density at radius 2 is 1.72 bits per heavy atom. The predicted octanol–water partition coefficient (Wildman–Crippen LogP) is -2.10. The summed E-state index contributed by atoms with van der Waals surface area (Å²) >= 11 is 1.02. The highest BCUT2D eigenvalue weighted by Crippen LogP contribution is 2.24. The number of benzene rings is 1. The molecule has 1 aromatic heterocycles. The molecule has 1 aromatic carbocycles. The lowest BCUT2D eigenvalue weighted by Crippen LogP contribution is -3.00. The number of rotatable bonds is 7. The van der Waals surface area contributed by atoms with E-state index in [1.807, 2.05) is 35.2 Å². The van der Waals surface area contributed by atoms with Crippen LogP contribution in [-0.4, -0.2) is 23.5 Å². The van der Waals surface area contributed by atoms with Crippen LogP contribution in [0.25, 0.3) is 0 Å². The van der Waals surface area contributed by atoms with E-state index in [-0.39, 0.29) is 24.1 Å². The molecule has 0 spiro atoms. The highest BCUT2D eigenvalue weighted by molar-refractivity contribution is 8.13. The van der Waals surface area contributed by atoms with Gasteiger partial charge >= 0.3 is 0 Å². The largest absolute Gasteiger partial charge is 1.00 e. The van der Waals surface area contributed by atoms with Crippen molar-refractivity contribution < 1.29 is 31.4 Å². The van der Waals surface area contributed by atoms with Gasteiger partial charge in [-0.25, -0.2) is 4.57 Å². The molecular formula is C17H18ClN3O3S. The summed E-state index contributed by atoms with van der Waals surface area (Å²) in [6, 6.07) is 12.5. The maximum Gasteiger partial charge on any atom is 0.252 e. The number of aryl methyl sites for hydroxylation is 1. The third kappa shape index (κ3) is 6.94. The summed E-state index contributed by atoms with van der Waals surface area (Å²) < 4.78 is 1.92. The van der Waals surface area contributed by atoms with Crippen molar-refractivity contribution in [1.82, 2.24) is 5.32 Å². The Bertz CT molecular complexity index is 741. The lowest BCUT2D eigenvalue weighted by molar-refractivity contribution is -0.695. The van der Waals surface area contributed by atoms with Crippen LogP contribution in [0.2, 0.25) is 0 Å². The number of nitrogens with zero attached hydrogens (tertiary/aromatic N) is 1. The van der Waals surface area contributed by atoms with Gasteiger partial charge in [0, 0.05) is 17.0 Å². The number of carbonyl (C=O) groups excluding carboxylic acids is 3. The third-order valence-electron chi connectivity index (χ3n) is 3.13. The molecule has 1 heterocycles. The zero-order valence-electron chi connectivity index (χ0n) is 13.4. The summed E-state index contributed by atoms with van der Waals surface area (Å²) in [7, 11) is 0. The first-order valence-electron chi connectivity index (χ1n) is 7.36. The van der Waals surface area contributed by atoms with E-state index in [4.69, 9.17) is 5.73 Å². The van der Waals surface area contributed by atoms with Crippen LogP contribution in [0.4, 0.5) is 0 Å². The van der Waals surface area contributed by atoms with Crippen molar-refractivity contribution in [2.24, 2.45) is 5.73 Å². The number of nitrogens with one attached hydrogen (secondary N) is 1.